The van der Waals surface area contributed by atoms with Crippen molar-refractivity contribution >= 4 is 50.9 Å². The highest BCUT2D eigenvalue weighted by Crippen LogP contribution is 2.33. The van der Waals surface area contributed by atoms with Crippen LogP contribution in [0, 0.1) is 13.8 Å². The summed E-state index contributed by atoms with van der Waals surface area (Å²) < 4.78 is 12.2. The topological polar surface area (TPSA) is 99.5 Å². The van der Waals surface area contributed by atoms with E-state index in [9.17, 15) is 14.4 Å². The number of aryl methyl sites for hydroxylation is 1. The van der Waals surface area contributed by atoms with E-state index in [1.54, 1.807) is 16.7 Å². The number of fused-ring (bicyclic) bond motifs is 1. The molecule has 33 heavy (non-hydrogen) atoms. The van der Waals surface area contributed by atoms with Gasteiger partial charge in [-0.05, 0) is 44.4 Å². The Kier molecular flexibility index (Phi) is 7.16. The molecular formula is C23H25N3O5S2. The van der Waals surface area contributed by atoms with Gasteiger partial charge in [0.25, 0.3) is 5.56 Å². The summed E-state index contributed by atoms with van der Waals surface area (Å²) in [5.74, 6) is -0.744. The zero-order chi connectivity index (χ0) is 23.5. The number of aromatic nitrogens is 2. The zero-order valence-electron chi connectivity index (χ0n) is 18.7. The van der Waals surface area contributed by atoms with Crippen LogP contribution in [0.2, 0.25) is 0 Å². The Morgan fingerprint density at radius 3 is 2.85 bits per heavy atom. The summed E-state index contributed by atoms with van der Waals surface area (Å²) in [6.45, 7) is 4.80. The Bertz CT molecular complexity index is 1260. The Balaban J connectivity index is 1.56. The second kappa shape index (κ2) is 10.1. The van der Waals surface area contributed by atoms with E-state index < -0.39 is 5.97 Å². The van der Waals surface area contributed by atoms with Crippen molar-refractivity contribution in [3.8, 4) is 0 Å². The molecule has 0 unspecified atom stereocenters. The first-order chi connectivity index (χ1) is 15.9. The molecule has 1 aliphatic heterocycles. The number of nitrogens with zero attached hydrogens (tertiary/aromatic N) is 2. The summed E-state index contributed by atoms with van der Waals surface area (Å²) >= 11 is 2.52. The smallest absolute Gasteiger partial charge is 0.341 e. The monoisotopic (exact) mass is 487 g/mol. The van der Waals surface area contributed by atoms with E-state index in [2.05, 4.69) is 10.3 Å². The van der Waals surface area contributed by atoms with Crippen LogP contribution in [0.15, 0.2) is 34.2 Å². The van der Waals surface area contributed by atoms with Gasteiger partial charge >= 0.3 is 5.97 Å². The van der Waals surface area contributed by atoms with Crippen LogP contribution in [0.1, 0.15) is 33.6 Å². The van der Waals surface area contributed by atoms with Gasteiger partial charge in [0.05, 0.1) is 42.0 Å². The average molecular weight is 488 g/mol. The van der Waals surface area contributed by atoms with Crippen LogP contribution in [-0.2, 0) is 20.8 Å². The van der Waals surface area contributed by atoms with Crippen molar-refractivity contribution in [2.45, 2.75) is 44.5 Å². The lowest BCUT2D eigenvalue weighted by Gasteiger charge is -2.16. The maximum Gasteiger partial charge on any atom is 0.341 e. The van der Waals surface area contributed by atoms with Crippen LogP contribution in [0.25, 0.3) is 10.9 Å². The summed E-state index contributed by atoms with van der Waals surface area (Å²) in [7, 11) is 1.31. The molecule has 0 aliphatic carbocycles. The predicted molar refractivity (Wildman–Crippen MR) is 129 cm³/mol. The summed E-state index contributed by atoms with van der Waals surface area (Å²) in [6.07, 6.45) is 1.81. The summed E-state index contributed by atoms with van der Waals surface area (Å²) in [6, 6.07) is 7.19. The normalized spacial score (nSPS) is 15.7. The van der Waals surface area contributed by atoms with Crippen molar-refractivity contribution in [3.63, 3.8) is 0 Å². The number of hydrogen-bond acceptors (Lipinski definition) is 8. The molecule has 1 saturated heterocycles. The molecule has 8 nitrogen and oxygen atoms in total. The molecule has 0 radical (unpaired) electrons. The molecule has 3 heterocycles. The van der Waals surface area contributed by atoms with Crippen LogP contribution in [-0.4, -0.2) is 47.0 Å². The van der Waals surface area contributed by atoms with E-state index in [0.717, 1.165) is 23.3 Å². The lowest BCUT2D eigenvalue weighted by atomic mass is 10.1. The van der Waals surface area contributed by atoms with Crippen LogP contribution in [0.4, 0.5) is 5.00 Å². The van der Waals surface area contributed by atoms with E-state index in [0.29, 0.717) is 39.8 Å². The fourth-order valence-electron chi connectivity index (χ4n) is 3.77. The molecule has 4 rings (SSSR count). The highest BCUT2D eigenvalue weighted by atomic mass is 32.2. The summed E-state index contributed by atoms with van der Waals surface area (Å²) in [4.78, 5) is 43.7. The molecule has 1 N–H and O–H groups in total. The number of thiophene rings is 1. The van der Waals surface area contributed by atoms with Crippen LogP contribution >= 0.6 is 23.1 Å². The Hall–Kier alpha value is -2.69. The van der Waals surface area contributed by atoms with E-state index in [-0.39, 0.29) is 23.3 Å². The minimum Gasteiger partial charge on any atom is -0.465 e. The number of benzene rings is 1. The third kappa shape index (κ3) is 4.97. The molecule has 2 aromatic heterocycles. The first-order valence-corrected chi connectivity index (χ1v) is 12.4. The van der Waals surface area contributed by atoms with Gasteiger partial charge in [-0.1, -0.05) is 23.9 Å². The maximum absolute atomic E-state index is 13.2. The molecular weight excluding hydrogens is 462 g/mol. The molecule has 1 fully saturated rings. The lowest BCUT2D eigenvalue weighted by molar-refractivity contribution is -0.113. The molecule has 3 aromatic rings. The number of amides is 1. The van der Waals surface area contributed by atoms with Gasteiger partial charge in [-0.15, -0.1) is 11.3 Å². The summed E-state index contributed by atoms with van der Waals surface area (Å²) in [5.41, 5.74) is 1.61. The SMILES string of the molecule is COC(=O)c1c(NC(=O)CSc2nc3ccccc3c(=O)n2C[C@H]2CCCO2)sc(C)c1C. The lowest BCUT2D eigenvalue weighted by Crippen LogP contribution is -2.29. The van der Waals surface area contributed by atoms with E-state index >= 15 is 0 Å². The van der Waals surface area contributed by atoms with Crippen LogP contribution in [0.3, 0.4) is 0 Å². The third-order valence-corrected chi connectivity index (χ3v) is 7.70. The van der Waals surface area contributed by atoms with Gasteiger partial charge < -0.3 is 14.8 Å². The molecule has 0 saturated carbocycles. The Morgan fingerprint density at radius 2 is 2.12 bits per heavy atom. The highest BCUT2D eigenvalue weighted by Gasteiger charge is 2.23. The number of hydrogen-bond donors (Lipinski definition) is 1. The fourth-order valence-corrected chi connectivity index (χ4v) is 5.64. The van der Waals surface area contributed by atoms with Gasteiger partial charge in [-0.2, -0.15) is 0 Å². The predicted octanol–water partition coefficient (Wildman–Crippen LogP) is 3.77. The van der Waals surface area contributed by atoms with Gasteiger partial charge in [0.1, 0.15) is 5.00 Å². The molecule has 1 aromatic carbocycles. The van der Waals surface area contributed by atoms with Gasteiger partial charge in [-0.25, -0.2) is 9.78 Å². The number of thioether (sulfide) groups is 1. The molecule has 1 aliphatic rings. The van der Waals surface area contributed by atoms with Crippen LogP contribution in [0.5, 0.6) is 0 Å². The quantitative estimate of drug-likeness (QED) is 0.308. The molecule has 0 bridgehead atoms. The van der Waals surface area contributed by atoms with Gasteiger partial charge in [0.15, 0.2) is 5.16 Å². The molecule has 1 amide bonds. The number of esters is 1. The Labute approximate surface area is 199 Å². The maximum atomic E-state index is 13.2. The van der Waals surface area contributed by atoms with Gasteiger partial charge in [0, 0.05) is 11.5 Å². The van der Waals surface area contributed by atoms with Crippen molar-refractivity contribution < 1.29 is 19.1 Å². The Morgan fingerprint density at radius 1 is 1.33 bits per heavy atom. The standard InChI is InChI=1S/C23H25N3O5S2/c1-13-14(2)33-20(19(13)22(29)30-3)25-18(27)12-32-23-24-17-9-5-4-8-16(17)21(28)26(23)11-15-7-6-10-31-15/h4-5,8-9,15H,6-7,10-12H2,1-3H3,(H,25,27)/t15-/m1/s1. The number of ether oxygens (including phenoxy) is 2. The van der Waals surface area contributed by atoms with E-state index in [1.807, 2.05) is 26.0 Å². The van der Waals surface area contributed by atoms with Crippen molar-refractivity contribution in [3.05, 3.63) is 50.6 Å². The van der Waals surface area contributed by atoms with Crippen molar-refractivity contribution in [1.29, 1.82) is 0 Å². The molecule has 10 heteroatoms. The first-order valence-electron chi connectivity index (χ1n) is 10.6. The van der Waals surface area contributed by atoms with Crippen molar-refractivity contribution in [1.82, 2.24) is 9.55 Å². The zero-order valence-corrected chi connectivity index (χ0v) is 20.3. The number of rotatable bonds is 7. The number of anilines is 1. The fraction of sp³-hybridized carbons (Fsp3) is 0.391. The van der Waals surface area contributed by atoms with Gasteiger partial charge in [-0.3, -0.25) is 14.2 Å². The summed E-state index contributed by atoms with van der Waals surface area (Å²) in [5, 5.41) is 4.29. The third-order valence-electron chi connectivity index (χ3n) is 5.60. The van der Waals surface area contributed by atoms with Gasteiger partial charge in [0.2, 0.25) is 5.91 Å². The second-order valence-electron chi connectivity index (χ2n) is 7.78. The van der Waals surface area contributed by atoms with Crippen molar-refractivity contribution in [2.75, 3.05) is 24.8 Å². The molecule has 174 valence electrons. The van der Waals surface area contributed by atoms with Crippen LogP contribution < -0.4 is 10.9 Å². The number of carbonyl (C=O) groups is 2. The number of para-hydroxylation sites is 1. The van der Waals surface area contributed by atoms with E-state index in [4.69, 9.17) is 9.47 Å². The number of methoxy groups -OCH3 is 1. The first kappa shape index (κ1) is 23.5. The minimum atomic E-state index is -0.485. The number of carbonyl (C=O) groups excluding carboxylic acids is 2. The minimum absolute atomic E-state index is 0.0346. The average Bonchev–Trinajstić information content (AvgIpc) is 3.42. The second-order valence-corrected chi connectivity index (χ2v) is 9.95. The van der Waals surface area contributed by atoms with E-state index in [1.165, 1.54) is 30.2 Å². The molecule has 1 atom stereocenters. The largest absolute Gasteiger partial charge is 0.465 e. The number of nitrogens with one attached hydrogen (secondary N) is 1. The van der Waals surface area contributed by atoms with Crippen molar-refractivity contribution in [2.24, 2.45) is 0 Å². The highest BCUT2D eigenvalue weighted by molar-refractivity contribution is 7.99. The molecule has 0 spiro atoms.